The summed E-state index contributed by atoms with van der Waals surface area (Å²) in [4.78, 5) is 29.5. The third kappa shape index (κ3) is 5.45. The Labute approximate surface area is 168 Å². The van der Waals surface area contributed by atoms with Crippen LogP contribution in [0.4, 0.5) is 0 Å². The first-order valence-electron chi connectivity index (χ1n) is 9.93. The zero-order valence-electron chi connectivity index (χ0n) is 16.4. The van der Waals surface area contributed by atoms with Crippen LogP contribution in [0, 0.1) is 12.8 Å². The molecule has 2 aliphatic heterocycles. The lowest BCUT2D eigenvalue weighted by atomic mass is 10.0. The first kappa shape index (κ1) is 21.7. The van der Waals surface area contributed by atoms with E-state index in [0.717, 1.165) is 44.5 Å². The van der Waals surface area contributed by atoms with Crippen molar-refractivity contribution in [3.05, 3.63) is 35.4 Å². The van der Waals surface area contributed by atoms with Crippen LogP contribution < -0.4 is 5.32 Å². The minimum Gasteiger partial charge on any atom is -0.339 e. The maximum atomic E-state index is 13.1. The molecule has 1 aromatic rings. The molecule has 5 nitrogen and oxygen atoms in total. The fourth-order valence-electron chi connectivity index (χ4n) is 4.07. The largest absolute Gasteiger partial charge is 0.339 e. The predicted molar refractivity (Wildman–Crippen MR) is 110 cm³/mol. The predicted octanol–water partition coefficient (Wildman–Crippen LogP) is 2.76. The summed E-state index contributed by atoms with van der Waals surface area (Å²) in [5, 5.41) is 3.37. The van der Waals surface area contributed by atoms with E-state index in [1.165, 1.54) is 5.56 Å². The van der Waals surface area contributed by atoms with Crippen LogP contribution in [0.3, 0.4) is 0 Å². The molecule has 2 saturated heterocycles. The summed E-state index contributed by atoms with van der Waals surface area (Å²) >= 11 is 0. The topological polar surface area (TPSA) is 52.7 Å². The van der Waals surface area contributed by atoms with Gasteiger partial charge in [-0.3, -0.25) is 9.59 Å². The number of rotatable bonds is 6. The second-order valence-electron chi connectivity index (χ2n) is 7.67. The number of amides is 2. The highest BCUT2D eigenvalue weighted by atomic mass is 35.5. The smallest absolute Gasteiger partial charge is 0.228 e. The Morgan fingerprint density at radius 3 is 2.52 bits per heavy atom. The molecule has 6 heteroatoms. The minimum atomic E-state index is -0.186. The number of nitrogens with zero attached hydrogens (tertiary/aromatic N) is 2. The van der Waals surface area contributed by atoms with E-state index in [9.17, 15) is 9.59 Å². The summed E-state index contributed by atoms with van der Waals surface area (Å²) in [5.74, 6) is 0.0959. The van der Waals surface area contributed by atoms with Crippen LogP contribution in [0.25, 0.3) is 0 Å². The third-order valence-corrected chi connectivity index (χ3v) is 5.55. The van der Waals surface area contributed by atoms with E-state index in [4.69, 9.17) is 0 Å². The SMILES string of the molecule is CCCN(C(=O)C1CC(=O)N(Cc2ccc(C)cc2)C1)C1CCNCC1.Cl. The number of benzene rings is 1. The van der Waals surface area contributed by atoms with E-state index in [2.05, 4.69) is 48.3 Å². The second kappa shape index (κ2) is 10.1. The highest BCUT2D eigenvalue weighted by Gasteiger charge is 2.38. The molecule has 2 fully saturated rings. The molecule has 0 spiro atoms. The van der Waals surface area contributed by atoms with Crippen LogP contribution in [-0.2, 0) is 16.1 Å². The number of nitrogens with one attached hydrogen (secondary N) is 1. The van der Waals surface area contributed by atoms with Crippen molar-refractivity contribution >= 4 is 24.2 Å². The molecule has 1 aromatic carbocycles. The number of carbonyl (C=O) groups is 2. The molecular formula is C21H32ClN3O2. The highest BCUT2D eigenvalue weighted by molar-refractivity contribution is 5.89. The van der Waals surface area contributed by atoms with Crippen molar-refractivity contribution in [2.45, 2.75) is 52.1 Å². The summed E-state index contributed by atoms with van der Waals surface area (Å²) in [6.07, 6.45) is 3.35. The summed E-state index contributed by atoms with van der Waals surface area (Å²) in [6.45, 7) is 8.07. The quantitative estimate of drug-likeness (QED) is 0.808. The summed E-state index contributed by atoms with van der Waals surface area (Å²) in [7, 11) is 0. The lowest BCUT2D eigenvalue weighted by Crippen LogP contribution is -2.48. The minimum absolute atomic E-state index is 0. The van der Waals surface area contributed by atoms with Gasteiger partial charge < -0.3 is 15.1 Å². The van der Waals surface area contributed by atoms with Crippen LogP contribution in [0.15, 0.2) is 24.3 Å². The number of piperidine rings is 1. The van der Waals surface area contributed by atoms with E-state index in [1.807, 2.05) is 4.90 Å². The van der Waals surface area contributed by atoms with Crippen molar-refractivity contribution in [2.75, 3.05) is 26.2 Å². The number of hydrogen-bond acceptors (Lipinski definition) is 3. The first-order valence-corrected chi connectivity index (χ1v) is 9.93. The molecule has 0 bridgehead atoms. The number of hydrogen-bond donors (Lipinski definition) is 1. The zero-order valence-corrected chi connectivity index (χ0v) is 17.3. The van der Waals surface area contributed by atoms with Gasteiger partial charge in [0.15, 0.2) is 0 Å². The van der Waals surface area contributed by atoms with Gasteiger partial charge in [-0.05, 0) is 44.8 Å². The van der Waals surface area contributed by atoms with Gasteiger partial charge in [-0.15, -0.1) is 12.4 Å². The van der Waals surface area contributed by atoms with Crippen molar-refractivity contribution in [1.82, 2.24) is 15.1 Å². The fourth-order valence-corrected chi connectivity index (χ4v) is 4.07. The number of carbonyl (C=O) groups excluding carboxylic acids is 2. The number of likely N-dealkylation sites (tertiary alicyclic amines) is 1. The Bertz CT molecular complexity index is 629. The van der Waals surface area contributed by atoms with Gasteiger partial charge in [0.05, 0.1) is 5.92 Å². The van der Waals surface area contributed by atoms with Gasteiger partial charge >= 0.3 is 0 Å². The fraction of sp³-hybridized carbons (Fsp3) is 0.619. The Kier molecular flexibility index (Phi) is 8.11. The van der Waals surface area contributed by atoms with Gasteiger partial charge in [0, 0.05) is 32.1 Å². The van der Waals surface area contributed by atoms with Crippen LogP contribution in [0.2, 0.25) is 0 Å². The Balaban J connectivity index is 0.00000261. The van der Waals surface area contributed by atoms with E-state index >= 15 is 0 Å². The van der Waals surface area contributed by atoms with Gasteiger partial charge in [0.1, 0.15) is 0 Å². The molecule has 2 amide bonds. The van der Waals surface area contributed by atoms with Crippen LogP contribution in [0.1, 0.15) is 43.7 Å². The van der Waals surface area contributed by atoms with Gasteiger partial charge in [-0.2, -0.15) is 0 Å². The Morgan fingerprint density at radius 1 is 1.22 bits per heavy atom. The first-order chi connectivity index (χ1) is 12.6. The van der Waals surface area contributed by atoms with Crippen molar-refractivity contribution in [1.29, 1.82) is 0 Å². The molecule has 150 valence electrons. The van der Waals surface area contributed by atoms with E-state index < -0.39 is 0 Å². The maximum absolute atomic E-state index is 13.1. The molecule has 2 heterocycles. The average Bonchev–Trinajstić information content (AvgIpc) is 3.02. The van der Waals surface area contributed by atoms with Crippen molar-refractivity contribution in [3.63, 3.8) is 0 Å². The molecule has 27 heavy (non-hydrogen) atoms. The van der Waals surface area contributed by atoms with E-state index in [1.54, 1.807) is 0 Å². The lowest BCUT2D eigenvalue weighted by molar-refractivity contribution is -0.138. The van der Waals surface area contributed by atoms with E-state index in [-0.39, 0.29) is 30.1 Å². The average molecular weight is 394 g/mol. The molecule has 1 N–H and O–H groups in total. The standard InChI is InChI=1S/C21H31N3O2.ClH/c1-3-12-24(19-8-10-22-11-9-19)21(26)18-13-20(25)23(15-18)14-17-6-4-16(2)5-7-17;/h4-7,18-19,22H,3,8-15H2,1-2H3;1H. The molecule has 0 saturated carbocycles. The van der Waals surface area contributed by atoms with Crippen LogP contribution in [0.5, 0.6) is 0 Å². The van der Waals surface area contributed by atoms with Crippen LogP contribution in [-0.4, -0.2) is 53.8 Å². The zero-order chi connectivity index (χ0) is 18.5. The molecule has 0 radical (unpaired) electrons. The van der Waals surface area contributed by atoms with Gasteiger partial charge in [0.2, 0.25) is 11.8 Å². The van der Waals surface area contributed by atoms with Crippen molar-refractivity contribution in [3.8, 4) is 0 Å². The molecule has 1 unspecified atom stereocenters. The lowest BCUT2D eigenvalue weighted by Gasteiger charge is -2.36. The molecule has 0 aromatic heterocycles. The Morgan fingerprint density at radius 2 is 1.89 bits per heavy atom. The van der Waals surface area contributed by atoms with Gasteiger partial charge in [-0.1, -0.05) is 36.8 Å². The summed E-state index contributed by atoms with van der Waals surface area (Å²) in [6, 6.07) is 8.59. The molecule has 1 atom stereocenters. The maximum Gasteiger partial charge on any atom is 0.228 e. The molecule has 2 aliphatic rings. The van der Waals surface area contributed by atoms with Gasteiger partial charge in [0.25, 0.3) is 0 Å². The normalized spacial score (nSPS) is 20.4. The number of aryl methyl sites for hydroxylation is 1. The van der Waals surface area contributed by atoms with Gasteiger partial charge in [-0.25, -0.2) is 0 Å². The van der Waals surface area contributed by atoms with Crippen molar-refractivity contribution < 1.29 is 9.59 Å². The monoisotopic (exact) mass is 393 g/mol. The Hall–Kier alpha value is -1.59. The molecular weight excluding hydrogens is 362 g/mol. The highest BCUT2D eigenvalue weighted by Crippen LogP contribution is 2.25. The second-order valence-corrected chi connectivity index (χ2v) is 7.67. The number of halogens is 1. The molecule has 3 rings (SSSR count). The summed E-state index contributed by atoms with van der Waals surface area (Å²) < 4.78 is 0. The van der Waals surface area contributed by atoms with Crippen LogP contribution >= 0.6 is 12.4 Å². The van der Waals surface area contributed by atoms with E-state index in [0.29, 0.717) is 25.6 Å². The van der Waals surface area contributed by atoms with Crippen molar-refractivity contribution in [2.24, 2.45) is 5.92 Å². The molecule has 0 aliphatic carbocycles. The summed E-state index contributed by atoms with van der Waals surface area (Å²) in [5.41, 5.74) is 2.34. The third-order valence-electron chi connectivity index (χ3n) is 5.55.